The molecular formula is C18H25NO3. The average molecular weight is 303 g/mol. The highest BCUT2D eigenvalue weighted by Crippen LogP contribution is 2.49. The first-order valence-corrected chi connectivity index (χ1v) is 8.24. The minimum absolute atomic E-state index is 0.0690. The molecule has 0 spiro atoms. The minimum atomic E-state index is -0.695. The second-order valence-electron chi connectivity index (χ2n) is 6.74. The number of amides is 1. The summed E-state index contributed by atoms with van der Waals surface area (Å²) < 4.78 is 5.15. The monoisotopic (exact) mass is 303 g/mol. The highest BCUT2D eigenvalue weighted by atomic mass is 16.5. The van der Waals surface area contributed by atoms with Crippen LogP contribution in [-0.2, 0) is 4.79 Å². The topological polar surface area (TPSA) is 58.6 Å². The molecular weight excluding hydrogens is 278 g/mol. The van der Waals surface area contributed by atoms with E-state index in [1.807, 2.05) is 18.2 Å². The number of benzene rings is 1. The van der Waals surface area contributed by atoms with E-state index in [2.05, 4.69) is 5.32 Å². The van der Waals surface area contributed by atoms with E-state index in [0.717, 1.165) is 17.4 Å². The van der Waals surface area contributed by atoms with Crippen LogP contribution in [0, 0.1) is 17.8 Å². The fourth-order valence-corrected chi connectivity index (χ4v) is 4.11. The molecule has 1 aromatic rings. The van der Waals surface area contributed by atoms with Gasteiger partial charge in [0.25, 0.3) is 0 Å². The molecule has 2 N–H and O–H groups in total. The molecule has 0 radical (unpaired) electrons. The minimum Gasteiger partial charge on any atom is -0.497 e. The third-order valence-electron chi connectivity index (χ3n) is 5.30. The number of nitrogens with one attached hydrogen (secondary N) is 1. The van der Waals surface area contributed by atoms with Crippen molar-refractivity contribution in [1.82, 2.24) is 5.32 Å². The van der Waals surface area contributed by atoms with Crippen molar-refractivity contribution in [3.63, 3.8) is 0 Å². The number of aliphatic hydroxyl groups excluding tert-OH is 1. The van der Waals surface area contributed by atoms with Gasteiger partial charge in [-0.05, 0) is 54.7 Å². The van der Waals surface area contributed by atoms with Crippen molar-refractivity contribution >= 4 is 5.91 Å². The molecule has 2 bridgehead atoms. The summed E-state index contributed by atoms with van der Waals surface area (Å²) in [6.07, 6.45) is 5.12. The number of fused-ring (bicyclic) bond motifs is 2. The molecule has 1 aromatic carbocycles. The molecule has 4 atom stereocenters. The Morgan fingerprint density at radius 3 is 2.95 bits per heavy atom. The van der Waals surface area contributed by atoms with Crippen LogP contribution in [0.15, 0.2) is 24.3 Å². The van der Waals surface area contributed by atoms with Gasteiger partial charge in [0.2, 0.25) is 5.91 Å². The van der Waals surface area contributed by atoms with Crippen molar-refractivity contribution in [3.8, 4) is 5.75 Å². The van der Waals surface area contributed by atoms with Gasteiger partial charge < -0.3 is 15.2 Å². The van der Waals surface area contributed by atoms with E-state index in [4.69, 9.17) is 4.74 Å². The van der Waals surface area contributed by atoms with Crippen LogP contribution in [0.25, 0.3) is 0 Å². The van der Waals surface area contributed by atoms with Gasteiger partial charge in [0.15, 0.2) is 0 Å². The summed E-state index contributed by atoms with van der Waals surface area (Å²) in [5, 5.41) is 13.1. The van der Waals surface area contributed by atoms with Crippen molar-refractivity contribution in [2.45, 2.75) is 38.2 Å². The number of rotatable bonds is 6. The molecule has 3 rings (SSSR count). The number of methoxy groups -OCH3 is 1. The van der Waals surface area contributed by atoms with E-state index in [1.54, 1.807) is 13.2 Å². The second kappa shape index (κ2) is 6.69. The zero-order chi connectivity index (χ0) is 15.5. The van der Waals surface area contributed by atoms with Gasteiger partial charge in [-0.15, -0.1) is 0 Å². The number of hydrogen-bond acceptors (Lipinski definition) is 3. The zero-order valence-electron chi connectivity index (χ0n) is 13.1. The average Bonchev–Trinajstić information content (AvgIpc) is 3.15. The van der Waals surface area contributed by atoms with Gasteiger partial charge in [-0.2, -0.15) is 0 Å². The number of ether oxygens (including phenoxy) is 1. The molecule has 0 heterocycles. The quantitative estimate of drug-likeness (QED) is 0.849. The Balaban J connectivity index is 1.46. The molecule has 0 saturated heterocycles. The Bertz CT molecular complexity index is 531. The lowest BCUT2D eigenvalue weighted by molar-refractivity contribution is -0.122. The summed E-state index contributed by atoms with van der Waals surface area (Å²) in [5.74, 6) is 2.97. The molecule has 4 nitrogen and oxygen atoms in total. The van der Waals surface area contributed by atoms with Crippen molar-refractivity contribution < 1.29 is 14.6 Å². The van der Waals surface area contributed by atoms with Crippen LogP contribution < -0.4 is 10.1 Å². The normalized spacial score (nSPS) is 27.6. The number of hydrogen-bond donors (Lipinski definition) is 2. The SMILES string of the molecule is COc1cccc(C(O)CNC(=O)CC2CC3CCC2C3)c1. The molecule has 2 fully saturated rings. The molecule has 2 aliphatic rings. The highest BCUT2D eigenvalue weighted by Gasteiger charge is 2.40. The molecule has 0 aromatic heterocycles. The van der Waals surface area contributed by atoms with Gasteiger partial charge >= 0.3 is 0 Å². The van der Waals surface area contributed by atoms with Crippen LogP contribution in [0.2, 0.25) is 0 Å². The number of carbonyl (C=O) groups is 1. The summed E-state index contributed by atoms with van der Waals surface area (Å²) in [4.78, 5) is 12.1. The van der Waals surface area contributed by atoms with Crippen LogP contribution in [0.4, 0.5) is 0 Å². The first-order valence-electron chi connectivity index (χ1n) is 8.24. The van der Waals surface area contributed by atoms with E-state index in [0.29, 0.717) is 18.1 Å². The Morgan fingerprint density at radius 1 is 1.41 bits per heavy atom. The van der Waals surface area contributed by atoms with Crippen LogP contribution in [0.1, 0.15) is 43.8 Å². The predicted molar refractivity (Wildman–Crippen MR) is 84.5 cm³/mol. The first kappa shape index (κ1) is 15.3. The first-order chi connectivity index (χ1) is 10.7. The van der Waals surface area contributed by atoms with Crippen molar-refractivity contribution in [2.75, 3.05) is 13.7 Å². The van der Waals surface area contributed by atoms with Gasteiger partial charge in [-0.3, -0.25) is 4.79 Å². The predicted octanol–water partition coefficient (Wildman–Crippen LogP) is 2.67. The lowest BCUT2D eigenvalue weighted by Gasteiger charge is -2.21. The summed E-state index contributed by atoms with van der Waals surface area (Å²) in [5.41, 5.74) is 0.763. The third-order valence-corrected chi connectivity index (χ3v) is 5.30. The van der Waals surface area contributed by atoms with Gasteiger partial charge in [-0.25, -0.2) is 0 Å². The van der Waals surface area contributed by atoms with Gasteiger partial charge in [0.05, 0.1) is 13.2 Å². The number of aliphatic hydroxyl groups is 1. The van der Waals surface area contributed by atoms with Crippen LogP contribution in [0.5, 0.6) is 5.75 Å². The van der Waals surface area contributed by atoms with E-state index in [-0.39, 0.29) is 12.5 Å². The van der Waals surface area contributed by atoms with Gasteiger partial charge in [0.1, 0.15) is 5.75 Å². The second-order valence-corrected chi connectivity index (χ2v) is 6.74. The fourth-order valence-electron chi connectivity index (χ4n) is 4.11. The van der Waals surface area contributed by atoms with Crippen LogP contribution in [0.3, 0.4) is 0 Å². The summed E-state index contributed by atoms with van der Waals surface area (Å²) >= 11 is 0. The van der Waals surface area contributed by atoms with Crippen molar-refractivity contribution in [3.05, 3.63) is 29.8 Å². The molecule has 4 unspecified atom stereocenters. The Labute approximate surface area is 131 Å². The lowest BCUT2D eigenvalue weighted by Crippen LogP contribution is -2.30. The fraction of sp³-hybridized carbons (Fsp3) is 0.611. The molecule has 2 aliphatic carbocycles. The Kier molecular flexibility index (Phi) is 4.67. The summed E-state index contributed by atoms with van der Waals surface area (Å²) in [6.45, 7) is 0.257. The third kappa shape index (κ3) is 3.43. The van der Waals surface area contributed by atoms with Crippen molar-refractivity contribution in [1.29, 1.82) is 0 Å². The standard InChI is InChI=1S/C18H25NO3/c1-22-16-4-2-3-14(9-16)17(20)11-19-18(21)10-15-8-12-5-6-13(15)7-12/h2-4,9,12-13,15,17,20H,5-8,10-11H2,1H3,(H,19,21). The maximum atomic E-state index is 12.1. The maximum Gasteiger partial charge on any atom is 0.220 e. The lowest BCUT2D eigenvalue weighted by atomic mass is 9.86. The van der Waals surface area contributed by atoms with E-state index in [9.17, 15) is 9.90 Å². The molecule has 1 amide bonds. The highest BCUT2D eigenvalue weighted by molar-refractivity contribution is 5.76. The van der Waals surface area contributed by atoms with Gasteiger partial charge in [0, 0.05) is 13.0 Å². The molecule has 4 heteroatoms. The zero-order valence-corrected chi connectivity index (χ0v) is 13.1. The largest absolute Gasteiger partial charge is 0.497 e. The molecule has 120 valence electrons. The molecule has 22 heavy (non-hydrogen) atoms. The van der Waals surface area contributed by atoms with E-state index < -0.39 is 6.10 Å². The Hall–Kier alpha value is -1.55. The van der Waals surface area contributed by atoms with Gasteiger partial charge in [-0.1, -0.05) is 18.6 Å². The maximum absolute atomic E-state index is 12.1. The van der Waals surface area contributed by atoms with Crippen LogP contribution >= 0.6 is 0 Å². The Morgan fingerprint density at radius 2 is 2.27 bits per heavy atom. The smallest absolute Gasteiger partial charge is 0.220 e. The molecule has 2 saturated carbocycles. The number of carbonyl (C=O) groups excluding carboxylic acids is 1. The van der Waals surface area contributed by atoms with Crippen LogP contribution in [-0.4, -0.2) is 24.7 Å². The van der Waals surface area contributed by atoms with E-state index >= 15 is 0 Å². The van der Waals surface area contributed by atoms with E-state index in [1.165, 1.54) is 25.7 Å². The summed E-state index contributed by atoms with van der Waals surface area (Å²) in [6, 6.07) is 7.32. The summed E-state index contributed by atoms with van der Waals surface area (Å²) in [7, 11) is 1.60. The van der Waals surface area contributed by atoms with Crippen molar-refractivity contribution in [2.24, 2.45) is 17.8 Å². The molecule has 0 aliphatic heterocycles.